The van der Waals surface area contributed by atoms with E-state index in [1.165, 1.54) is 0 Å². The highest BCUT2D eigenvalue weighted by atomic mass is 32.2. The van der Waals surface area contributed by atoms with Crippen LogP contribution in [-0.2, 0) is 11.1 Å². The Bertz CT molecular complexity index is 297. The molecule has 1 heterocycles. The summed E-state index contributed by atoms with van der Waals surface area (Å²) in [5, 5.41) is -0.369. The molecule has 0 bridgehead atoms. The van der Waals surface area contributed by atoms with Crippen molar-refractivity contribution in [2.75, 3.05) is 13.7 Å². The van der Waals surface area contributed by atoms with Crippen molar-refractivity contribution in [1.29, 1.82) is 0 Å². The molecule has 0 amide bonds. The van der Waals surface area contributed by atoms with Gasteiger partial charge in [-0.1, -0.05) is 13.3 Å². The van der Waals surface area contributed by atoms with Crippen molar-refractivity contribution in [2.45, 2.75) is 25.1 Å². The van der Waals surface area contributed by atoms with Gasteiger partial charge in [0, 0.05) is 19.4 Å². The van der Waals surface area contributed by atoms with Crippen LogP contribution in [-0.4, -0.2) is 44.9 Å². The Hall–Kier alpha value is -0.765. The lowest BCUT2D eigenvalue weighted by Gasteiger charge is -2.30. The molecule has 18 heavy (non-hydrogen) atoms. The SMILES string of the molecule is CCCC(N1C=CN(C)C1)S(=O)[O-].F[B-](F)(F)F. The van der Waals surface area contributed by atoms with Crippen LogP contribution in [0.1, 0.15) is 19.8 Å². The van der Waals surface area contributed by atoms with Crippen molar-refractivity contribution in [3.63, 3.8) is 0 Å². The highest BCUT2D eigenvalue weighted by Gasteiger charge is 2.20. The molecule has 1 aliphatic heterocycles. The summed E-state index contributed by atoms with van der Waals surface area (Å²) in [4.78, 5) is 3.79. The molecule has 0 N–H and O–H groups in total. The minimum absolute atomic E-state index is 0.369. The van der Waals surface area contributed by atoms with E-state index in [1.807, 2.05) is 36.2 Å². The average molecular weight is 290 g/mol. The fourth-order valence-electron chi connectivity index (χ4n) is 1.36. The lowest BCUT2D eigenvalue weighted by atomic mass is 10.3. The first-order valence-corrected chi connectivity index (χ1v) is 6.38. The quantitative estimate of drug-likeness (QED) is 0.451. The number of hydrogen-bond donors (Lipinski definition) is 0. The molecule has 0 aliphatic carbocycles. The lowest BCUT2D eigenvalue weighted by molar-refractivity contribution is 0.263. The van der Waals surface area contributed by atoms with E-state index in [2.05, 4.69) is 0 Å². The summed E-state index contributed by atoms with van der Waals surface area (Å²) in [7, 11) is -4.08. The van der Waals surface area contributed by atoms with E-state index in [4.69, 9.17) is 0 Å². The Labute approximate surface area is 106 Å². The predicted octanol–water partition coefficient (Wildman–Crippen LogP) is 1.97. The van der Waals surface area contributed by atoms with E-state index in [0.717, 1.165) is 6.42 Å². The van der Waals surface area contributed by atoms with Gasteiger partial charge in [-0.3, -0.25) is 4.21 Å². The summed E-state index contributed by atoms with van der Waals surface area (Å²) in [5.41, 5.74) is 0. The zero-order chi connectivity index (χ0) is 14.3. The fourth-order valence-corrected chi connectivity index (χ4v) is 2.14. The maximum absolute atomic E-state index is 10.9. The summed E-state index contributed by atoms with van der Waals surface area (Å²) in [6, 6.07) is 0. The molecule has 4 nitrogen and oxygen atoms in total. The summed E-state index contributed by atoms with van der Waals surface area (Å²) < 4.78 is 60.8. The number of rotatable bonds is 4. The fraction of sp³-hybridized carbons (Fsp3) is 0.750. The van der Waals surface area contributed by atoms with Crippen LogP contribution in [0.4, 0.5) is 17.3 Å². The smallest absolute Gasteiger partial charge is 0.673 e. The van der Waals surface area contributed by atoms with Crippen LogP contribution >= 0.6 is 0 Å². The van der Waals surface area contributed by atoms with Crippen LogP contribution in [0.2, 0.25) is 0 Å². The summed E-state index contributed by atoms with van der Waals surface area (Å²) in [5.74, 6) is 0. The Morgan fingerprint density at radius 2 is 1.89 bits per heavy atom. The van der Waals surface area contributed by atoms with Crippen LogP contribution in [0.3, 0.4) is 0 Å². The van der Waals surface area contributed by atoms with Crippen molar-refractivity contribution in [2.24, 2.45) is 0 Å². The van der Waals surface area contributed by atoms with E-state index in [-0.39, 0.29) is 5.37 Å². The zero-order valence-electron chi connectivity index (χ0n) is 10.1. The first-order valence-electron chi connectivity index (χ1n) is 5.24. The van der Waals surface area contributed by atoms with Gasteiger partial charge >= 0.3 is 7.25 Å². The van der Waals surface area contributed by atoms with Crippen LogP contribution in [0.15, 0.2) is 12.4 Å². The third-order valence-electron chi connectivity index (χ3n) is 2.03. The van der Waals surface area contributed by atoms with Gasteiger partial charge < -0.3 is 31.6 Å². The highest BCUT2D eigenvalue weighted by Crippen LogP contribution is 2.15. The van der Waals surface area contributed by atoms with Gasteiger partial charge in [0.2, 0.25) is 0 Å². The third kappa shape index (κ3) is 8.34. The van der Waals surface area contributed by atoms with Crippen molar-refractivity contribution in [3.8, 4) is 0 Å². The topological polar surface area (TPSA) is 46.6 Å². The molecule has 1 rings (SSSR count). The molecule has 1 aliphatic rings. The van der Waals surface area contributed by atoms with Crippen LogP contribution in [0, 0.1) is 0 Å². The first kappa shape index (κ1) is 17.2. The molecule has 0 aromatic rings. The Kier molecular flexibility index (Phi) is 7.30. The molecule has 0 saturated heterocycles. The zero-order valence-corrected chi connectivity index (χ0v) is 10.9. The average Bonchev–Trinajstić information content (AvgIpc) is 2.57. The Morgan fingerprint density at radius 1 is 1.39 bits per heavy atom. The minimum Gasteiger partial charge on any atom is -0.771 e. The molecule has 10 heteroatoms. The second kappa shape index (κ2) is 7.62. The molecule has 0 spiro atoms. The highest BCUT2D eigenvalue weighted by molar-refractivity contribution is 7.79. The molecule has 0 saturated carbocycles. The van der Waals surface area contributed by atoms with E-state index in [1.54, 1.807) is 0 Å². The second-order valence-electron chi connectivity index (χ2n) is 3.71. The van der Waals surface area contributed by atoms with E-state index < -0.39 is 18.3 Å². The summed E-state index contributed by atoms with van der Waals surface area (Å²) in [6.07, 6.45) is 5.28. The van der Waals surface area contributed by atoms with Gasteiger partial charge in [-0.25, -0.2) is 0 Å². The van der Waals surface area contributed by atoms with Gasteiger partial charge in [0.05, 0.1) is 12.0 Å². The second-order valence-corrected chi connectivity index (χ2v) is 4.77. The van der Waals surface area contributed by atoms with Crippen molar-refractivity contribution in [3.05, 3.63) is 12.4 Å². The van der Waals surface area contributed by atoms with Gasteiger partial charge in [-0.05, 0) is 17.5 Å². The molecule has 0 radical (unpaired) electrons. The van der Waals surface area contributed by atoms with Crippen molar-refractivity contribution < 1.29 is 26.0 Å². The minimum atomic E-state index is -6.00. The van der Waals surface area contributed by atoms with Crippen LogP contribution < -0.4 is 0 Å². The molecular weight excluding hydrogens is 275 g/mol. The molecule has 0 aromatic carbocycles. The van der Waals surface area contributed by atoms with E-state index in [0.29, 0.717) is 13.1 Å². The maximum atomic E-state index is 10.9. The van der Waals surface area contributed by atoms with Crippen LogP contribution in [0.25, 0.3) is 0 Å². The number of nitrogens with zero attached hydrogens (tertiary/aromatic N) is 2. The molecule has 108 valence electrons. The standard InChI is InChI=1S/C8H16N2O2S.BF4/c1-3-4-8(13(11)12)10-6-5-9(2)7-10;2-1(3,4)5/h5-6,8H,3-4,7H2,1-2H3,(H,11,12);/q;-1/p-1. The Morgan fingerprint density at radius 3 is 2.17 bits per heavy atom. The number of hydrogen-bond acceptors (Lipinski definition) is 4. The molecule has 0 fully saturated rings. The Balaban J connectivity index is 0.000000494. The maximum Gasteiger partial charge on any atom is 0.673 e. The van der Waals surface area contributed by atoms with E-state index >= 15 is 0 Å². The molecule has 2 unspecified atom stereocenters. The van der Waals surface area contributed by atoms with Crippen molar-refractivity contribution in [1.82, 2.24) is 9.80 Å². The molecule has 0 aromatic heterocycles. The summed E-state index contributed by atoms with van der Waals surface area (Å²) >= 11 is -2.01. The number of halogens is 4. The van der Waals surface area contributed by atoms with Crippen LogP contribution in [0.5, 0.6) is 0 Å². The molecule has 2 atom stereocenters. The third-order valence-corrected chi connectivity index (χ3v) is 2.98. The van der Waals surface area contributed by atoms with Gasteiger partial charge in [-0.2, -0.15) is 0 Å². The lowest BCUT2D eigenvalue weighted by Crippen LogP contribution is -2.35. The summed E-state index contributed by atoms with van der Waals surface area (Å²) in [6.45, 7) is 2.65. The predicted molar refractivity (Wildman–Crippen MR) is 61.4 cm³/mol. The normalized spacial score (nSPS) is 18.4. The van der Waals surface area contributed by atoms with Gasteiger partial charge in [0.25, 0.3) is 0 Å². The molecular formula is C8H15BF4N2O2S-2. The largest absolute Gasteiger partial charge is 0.771 e. The monoisotopic (exact) mass is 290 g/mol. The van der Waals surface area contributed by atoms with Crippen molar-refractivity contribution >= 4 is 18.3 Å². The van der Waals surface area contributed by atoms with Gasteiger partial charge in [-0.15, -0.1) is 0 Å². The van der Waals surface area contributed by atoms with Gasteiger partial charge in [0.1, 0.15) is 0 Å². The van der Waals surface area contributed by atoms with E-state index in [9.17, 15) is 26.0 Å². The van der Waals surface area contributed by atoms with Gasteiger partial charge in [0.15, 0.2) is 0 Å². The first-order chi connectivity index (χ1) is 8.15.